The monoisotopic (exact) mass is 273 g/mol. The van der Waals surface area contributed by atoms with Crippen LogP contribution >= 0.6 is 11.6 Å². The van der Waals surface area contributed by atoms with Crippen molar-refractivity contribution in [3.8, 4) is 5.88 Å². The lowest BCUT2D eigenvalue weighted by Crippen LogP contribution is -2.30. The van der Waals surface area contributed by atoms with Crippen molar-refractivity contribution in [2.24, 2.45) is 0 Å². The Morgan fingerprint density at radius 3 is 2.94 bits per heavy atom. The minimum Gasteiger partial charge on any atom is -0.474 e. The van der Waals surface area contributed by atoms with Gasteiger partial charge in [-0.2, -0.15) is 0 Å². The van der Waals surface area contributed by atoms with Crippen LogP contribution in [0.25, 0.3) is 0 Å². The zero-order valence-electron chi connectivity index (χ0n) is 10.4. The molecule has 1 aliphatic carbocycles. The maximum absolute atomic E-state index is 13.0. The van der Waals surface area contributed by atoms with Crippen LogP contribution in [0.5, 0.6) is 5.88 Å². The van der Waals surface area contributed by atoms with Gasteiger partial charge in [-0.3, -0.25) is 0 Å². The number of pyridine rings is 1. The molecule has 3 nitrogen and oxygen atoms in total. The first kappa shape index (κ1) is 13.6. The lowest BCUT2D eigenvalue weighted by Gasteiger charge is -2.28. The summed E-state index contributed by atoms with van der Waals surface area (Å²) in [6.07, 6.45) is 5.42. The van der Waals surface area contributed by atoms with Crippen LogP contribution in [0.3, 0.4) is 0 Å². The van der Waals surface area contributed by atoms with Crippen molar-refractivity contribution in [2.75, 3.05) is 7.11 Å². The first-order chi connectivity index (χ1) is 8.72. The predicted molar refractivity (Wildman–Crippen MR) is 67.4 cm³/mol. The third kappa shape index (κ3) is 3.33. The summed E-state index contributed by atoms with van der Waals surface area (Å²) in [6.45, 7) is 0. The van der Waals surface area contributed by atoms with E-state index in [1.807, 2.05) is 0 Å². The highest BCUT2D eigenvalue weighted by atomic mass is 35.5. The molecular formula is C13H17ClFNO2. The van der Waals surface area contributed by atoms with E-state index < -0.39 is 5.82 Å². The van der Waals surface area contributed by atoms with Gasteiger partial charge in [0.2, 0.25) is 5.88 Å². The number of halogens is 2. The number of methoxy groups -OCH3 is 1. The van der Waals surface area contributed by atoms with Gasteiger partial charge in [0.25, 0.3) is 0 Å². The maximum atomic E-state index is 13.0. The summed E-state index contributed by atoms with van der Waals surface area (Å²) in [5.74, 6) is 0.241. The molecule has 18 heavy (non-hydrogen) atoms. The van der Waals surface area contributed by atoms with Gasteiger partial charge in [-0.15, -0.1) is 11.6 Å². The highest BCUT2D eigenvalue weighted by molar-refractivity contribution is 6.17. The van der Waals surface area contributed by atoms with Crippen LogP contribution in [0.4, 0.5) is 4.39 Å². The van der Waals surface area contributed by atoms with Crippen molar-refractivity contribution in [3.05, 3.63) is 23.6 Å². The van der Waals surface area contributed by atoms with Gasteiger partial charge in [0.05, 0.1) is 18.2 Å². The molecule has 2 rings (SSSR count). The molecule has 1 aliphatic rings. The van der Waals surface area contributed by atoms with Crippen LogP contribution in [-0.2, 0) is 10.6 Å². The van der Waals surface area contributed by atoms with Crippen LogP contribution in [-0.4, -0.2) is 24.3 Å². The van der Waals surface area contributed by atoms with Crippen molar-refractivity contribution in [2.45, 2.75) is 43.8 Å². The Bertz CT molecular complexity index is 403. The van der Waals surface area contributed by atoms with Crippen molar-refractivity contribution < 1.29 is 13.9 Å². The van der Waals surface area contributed by atoms with Gasteiger partial charge < -0.3 is 9.47 Å². The summed E-state index contributed by atoms with van der Waals surface area (Å²) < 4.78 is 24.2. The standard InChI is InChI=1S/C13H17ClFNO2/c1-17-11-3-2-4-12(6-11)18-13-9(7-14)5-10(15)8-16-13/h5,8,11-12H,2-4,6-7H2,1H3. The van der Waals surface area contributed by atoms with E-state index in [-0.39, 0.29) is 18.1 Å². The second kappa shape index (κ2) is 6.34. The lowest BCUT2D eigenvalue weighted by atomic mass is 9.95. The summed E-state index contributed by atoms with van der Waals surface area (Å²) in [5, 5.41) is 0. The highest BCUT2D eigenvalue weighted by Crippen LogP contribution is 2.27. The fourth-order valence-electron chi connectivity index (χ4n) is 2.25. The molecule has 5 heteroatoms. The number of hydrogen-bond donors (Lipinski definition) is 0. The van der Waals surface area contributed by atoms with E-state index in [4.69, 9.17) is 21.1 Å². The Hall–Kier alpha value is -0.870. The molecule has 0 saturated heterocycles. The Balaban J connectivity index is 2.04. The summed E-state index contributed by atoms with van der Waals surface area (Å²) in [6, 6.07) is 1.37. The number of nitrogens with zero attached hydrogens (tertiary/aromatic N) is 1. The molecular weight excluding hydrogens is 257 g/mol. The summed E-state index contributed by atoms with van der Waals surface area (Å²) in [4.78, 5) is 3.97. The van der Waals surface area contributed by atoms with E-state index in [1.165, 1.54) is 6.07 Å². The Morgan fingerprint density at radius 2 is 2.22 bits per heavy atom. The van der Waals surface area contributed by atoms with Crippen LogP contribution in [0.2, 0.25) is 0 Å². The number of alkyl halides is 1. The second-order valence-corrected chi connectivity index (χ2v) is 4.78. The van der Waals surface area contributed by atoms with Gasteiger partial charge in [0.15, 0.2) is 0 Å². The minimum atomic E-state index is -0.392. The molecule has 1 fully saturated rings. The van der Waals surface area contributed by atoms with E-state index >= 15 is 0 Å². The Kier molecular flexibility index (Phi) is 4.78. The summed E-state index contributed by atoms with van der Waals surface area (Å²) in [5.41, 5.74) is 0.594. The number of hydrogen-bond acceptors (Lipinski definition) is 3. The van der Waals surface area contributed by atoms with Crippen molar-refractivity contribution in [1.29, 1.82) is 0 Å². The first-order valence-electron chi connectivity index (χ1n) is 6.12. The number of ether oxygens (including phenoxy) is 2. The first-order valence-corrected chi connectivity index (χ1v) is 6.66. The van der Waals surface area contributed by atoms with E-state index in [1.54, 1.807) is 7.11 Å². The van der Waals surface area contributed by atoms with E-state index in [9.17, 15) is 4.39 Å². The molecule has 0 N–H and O–H groups in total. The van der Waals surface area contributed by atoms with Gasteiger partial charge >= 0.3 is 0 Å². The molecule has 100 valence electrons. The lowest BCUT2D eigenvalue weighted by molar-refractivity contribution is 0.0192. The topological polar surface area (TPSA) is 31.4 Å². The van der Waals surface area contributed by atoms with Crippen molar-refractivity contribution in [1.82, 2.24) is 4.98 Å². The summed E-state index contributed by atoms with van der Waals surface area (Å²) in [7, 11) is 1.72. The molecule has 0 spiro atoms. The van der Waals surface area contributed by atoms with Gasteiger partial charge in [-0.1, -0.05) is 0 Å². The zero-order chi connectivity index (χ0) is 13.0. The van der Waals surface area contributed by atoms with Crippen LogP contribution in [0, 0.1) is 5.82 Å². The molecule has 2 unspecified atom stereocenters. The van der Waals surface area contributed by atoms with Crippen LogP contribution in [0.1, 0.15) is 31.2 Å². The zero-order valence-corrected chi connectivity index (χ0v) is 11.1. The number of aromatic nitrogens is 1. The van der Waals surface area contributed by atoms with Crippen LogP contribution < -0.4 is 4.74 Å². The normalized spacial score (nSPS) is 23.9. The summed E-state index contributed by atoms with van der Waals surface area (Å²) >= 11 is 5.77. The molecule has 0 bridgehead atoms. The minimum absolute atomic E-state index is 0.0728. The molecule has 2 atom stereocenters. The molecule has 0 radical (unpaired) electrons. The Labute approximate surface area is 111 Å². The predicted octanol–water partition coefficient (Wildman–Crippen LogP) is 3.30. The van der Waals surface area contributed by atoms with Gasteiger partial charge in [-0.05, 0) is 25.3 Å². The maximum Gasteiger partial charge on any atom is 0.218 e. The third-order valence-corrected chi connectivity index (χ3v) is 3.51. The van der Waals surface area contributed by atoms with Gasteiger partial charge in [0.1, 0.15) is 11.9 Å². The molecule has 0 aliphatic heterocycles. The average Bonchev–Trinajstić information content (AvgIpc) is 2.41. The smallest absolute Gasteiger partial charge is 0.218 e. The molecule has 1 heterocycles. The van der Waals surface area contributed by atoms with E-state index in [0.717, 1.165) is 31.9 Å². The van der Waals surface area contributed by atoms with Crippen LogP contribution in [0.15, 0.2) is 12.3 Å². The molecule has 1 saturated carbocycles. The highest BCUT2D eigenvalue weighted by Gasteiger charge is 2.24. The van der Waals surface area contributed by atoms with E-state index in [0.29, 0.717) is 11.4 Å². The number of rotatable bonds is 4. The van der Waals surface area contributed by atoms with Gasteiger partial charge in [-0.25, -0.2) is 9.37 Å². The Morgan fingerprint density at radius 1 is 1.44 bits per heavy atom. The fraction of sp³-hybridized carbons (Fsp3) is 0.615. The average molecular weight is 274 g/mol. The molecule has 0 amide bonds. The van der Waals surface area contributed by atoms with E-state index in [2.05, 4.69) is 4.98 Å². The van der Waals surface area contributed by atoms with Crippen molar-refractivity contribution >= 4 is 11.6 Å². The largest absolute Gasteiger partial charge is 0.474 e. The van der Waals surface area contributed by atoms with Crippen molar-refractivity contribution in [3.63, 3.8) is 0 Å². The molecule has 1 aromatic heterocycles. The SMILES string of the molecule is COC1CCCC(Oc2ncc(F)cc2CCl)C1. The fourth-order valence-corrected chi connectivity index (χ4v) is 2.44. The van der Waals surface area contributed by atoms with Gasteiger partial charge in [0, 0.05) is 19.1 Å². The molecule has 1 aromatic rings. The second-order valence-electron chi connectivity index (χ2n) is 4.52. The third-order valence-electron chi connectivity index (χ3n) is 3.23. The quantitative estimate of drug-likeness (QED) is 0.789. The molecule has 0 aromatic carbocycles.